The van der Waals surface area contributed by atoms with Crippen LogP contribution in [0.3, 0.4) is 0 Å². The Hall–Kier alpha value is -1.22. The summed E-state index contributed by atoms with van der Waals surface area (Å²) in [7, 11) is 0. The highest BCUT2D eigenvalue weighted by molar-refractivity contribution is 6.18. The van der Waals surface area contributed by atoms with E-state index in [1.807, 2.05) is 39.8 Å². The van der Waals surface area contributed by atoms with Crippen LogP contribution in [0.5, 0.6) is 5.75 Å². The van der Waals surface area contributed by atoms with Crippen LogP contribution in [0.15, 0.2) is 24.3 Å². The summed E-state index contributed by atoms with van der Waals surface area (Å²) in [4.78, 5) is 12.1. The maximum atomic E-state index is 12.1. The number of carbonyl (C=O) groups is 1. The number of amides is 1. The molecule has 1 rings (SSSR count). The van der Waals surface area contributed by atoms with E-state index in [0.717, 1.165) is 0 Å². The number of rotatable bonds is 6. The highest BCUT2D eigenvalue weighted by Crippen LogP contribution is 2.15. The smallest absolute Gasteiger partial charge is 0.251 e. The van der Waals surface area contributed by atoms with E-state index < -0.39 is 0 Å². The van der Waals surface area contributed by atoms with E-state index in [-0.39, 0.29) is 18.1 Å². The maximum absolute atomic E-state index is 12.1. The molecule has 19 heavy (non-hydrogen) atoms. The first-order valence-electron chi connectivity index (χ1n) is 6.57. The van der Waals surface area contributed by atoms with Gasteiger partial charge >= 0.3 is 0 Å². The molecule has 0 spiro atoms. The fourth-order valence-electron chi connectivity index (χ4n) is 1.62. The lowest BCUT2D eigenvalue weighted by molar-refractivity contribution is 0.0930. The summed E-state index contributed by atoms with van der Waals surface area (Å²) in [5, 5.41) is 2.94. The maximum Gasteiger partial charge on any atom is 0.251 e. The van der Waals surface area contributed by atoms with Gasteiger partial charge in [0.25, 0.3) is 5.91 Å². The topological polar surface area (TPSA) is 38.3 Å². The summed E-state index contributed by atoms with van der Waals surface area (Å²) >= 11 is 5.85. The number of halogens is 1. The van der Waals surface area contributed by atoms with Crippen LogP contribution in [0.25, 0.3) is 0 Å². The highest BCUT2D eigenvalue weighted by Gasteiger charge is 2.16. The molecule has 0 fully saturated rings. The third kappa shape index (κ3) is 5.11. The Morgan fingerprint density at radius 1 is 1.32 bits per heavy atom. The van der Waals surface area contributed by atoms with Crippen LogP contribution in [0.1, 0.15) is 38.1 Å². The van der Waals surface area contributed by atoms with Crippen molar-refractivity contribution in [2.75, 3.05) is 5.88 Å². The van der Waals surface area contributed by atoms with E-state index >= 15 is 0 Å². The molecular formula is C15H22ClNO2. The standard InChI is InChI=1S/C15H22ClNO2/c1-10(2)14(9-16)17-15(18)12-6-5-7-13(8-12)19-11(3)4/h5-8,10-11,14H,9H2,1-4H3,(H,17,18). The minimum atomic E-state index is -0.117. The third-order valence-corrected chi connectivity index (χ3v) is 3.09. The lowest BCUT2D eigenvalue weighted by atomic mass is 10.1. The largest absolute Gasteiger partial charge is 0.491 e. The number of ether oxygens (including phenoxy) is 1. The summed E-state index contributed by atoms with van der Waals surface area (Å²) in [5.41, 5.74) is 0.592. The van der Waals surface area contributed by atoms with Gasteiger partial charge in [-0.25, -0.2) is 0 Å². The Labute approximate surface area is 120 Å². The van der Waals surface area contributed by atoms with Crippen LogP contribution in [0, 0.1) is 5.92 Å². The Morgan fingerprint density at radius 2 is 2.00 bits per heavy atom. The Bertz CT molecular complexity index is 418. The third-order valence-electron chi connectivity index (χ3n) is 2.76. The Kier molecular flexibility index (Phi) is 6.16. The van der Waals surface area contributed by atoms with Crippen LogP contribution in [0.2, 0.25) is 0 Å². The van der Waals surface area contributed by atoms with Crippen molar-refractivity contribution in [2.45, 2.75) is 39.8 Å². The molecule has 1 amide bonds. The average molecular weight is 284 g/mol. The van der Waals surface area contributed by atoms with Gasteiger partial charge in [0.1, 0.15) is 5.75 Å². The van der Waals surface area contributed by atoms with E-state index in [0.29, 0.717) is 23.1 Å². The number of alkyl halides is 1. The number of carbonyl (C=O) groups excluding carboxylic acids is 1. The lowest BCUT2D eigenvalue weighted by Gasteiger charge is -2.20. The highest BCUT2D eigenvalue weighted by atomic mass is 35.5. The molecule has 0 bridgehead atoms. The van der Waals surface area contributed by atoms with Crippen LogP contribution < -0.4 is 10.1 Å². The Balaban J connectivity index is 2.76. The molecule has 1 aromatic carbocycles. The zero-order valence-corrected chi connectivity index (χ0v) is 12.7. The molecule has 0 radical (unpaired) electrons. The zero-order chi connectivity index (χ0) is 14.4. The molecule has 1 aromatic rings. The molecular weight excluding hydrogens is 262 g/mol. The van der Waals surface area contributed by atoms with E-state index in [9.17, 15) is 4.79 Å². The molecule has 0 aromatic heterocycles. The predicted molar refractivity (Wildman–Crippen MR) is 79.0 cm³/mol. The van der Waals surface area contributed by atoms with Gasteiger partial charge in [-0.15, -0.1) is 11.6 Å². The monoisotopic (exact) mass is 283 g/mol. The van der Waals surface area contributed by atoms with Crippen molar-refractivity contribution < 1.29 is 9.53 Å². The van der Waals surface area contributed by atoms with Crippen molar-refractivity contribution in [1.82, 2.24) is 5.32 Å². The number of nitrogens with one attached hydrogen (secondary N) is 1. The summed E-state index contributed by atoms with van der Waals surface area (Å²) in [6.07, 6.45) is 0.0876. The first-order chi connectivity index (χ1) is 8.93. The van der Waals surface area contributed by atoms with Crippen molar-refractivity contribution in [2.24, 2.45) is 5.92 Å². The van der Waals surface area contributed by atoms with Crippen LogP contribution in [-0.2, 0) is 0 Å². The first-order valence-corrected chi connectivity index (χ1v) is 7.11. The van der Waals surface area contributed by atoms with Crippen molar-refractivity contribution in [1.29, 1.82) is 0 Å². The Morgan fingerprint density at radius 3 is 2.53 bits per heavy atom. The second-order valence-corrected chi connectivity index (χ2v) is 5.48. The molecule has 0 saturated heterocycles. The molecule has 4 heteroatoms. The second-order valence-electron chi connectivity index (χ2n) is 5.17. The molecule has 1 unspecified atom stereocenters. The second kappa shape index (κ2) is 7.39. The van der Waals surface area contributed by atoms with Gasteiger partial charge in [-0.3, -0.25) is 4.79 Å². The summed E-state index contributed by atoms with van der Waals surface area (Å²) < 4.78 is 5.58. The van der Waals surface area contributed by atoms with Crippen LogP contribution in [-0.4, -0.2) is 23.9 Å². The molecule has 1 atom stereocenters. The van der Waals surface area contributed by atoms with Crippen molar-refractivity contribution in [3.63, 3.8) is 0 Å². The fraction of sp³-hybridized carbons (Fsp3) is 0.533. The van der Waals surface area contributed by atoms with E-state index in [4.69, 9.17) is 16.3 Å². The minimum Gasteiger partial charge on any atom is -0.491 e. The lowest BCUT2D eigenvalue weighted by Crippen LogP contribution is -2.39. The van der Waals surface area contributed by atoms with Crippen LogP contribution >= 0.6 is 11.6 Å². The van der Waals surface area contributed by atoms with Gasteiger partial charge in [0.05, 0.1) is 6.10 Å². The molecule has 1 N–H and O–H groups in total. The van der Waals surface area contributed by atoms with Gasteiger partial charge in [0.2, 0.25) is 0 Å². The van der Waals surface area contributed by atoms with Crippen molar-refractivity contribution in [3.8, 4) is 5.75 Å². The number of hydrogen-bond donors (Lipinski definition) is 1. The van der Waals surface area contributed by atoms with Gasteiger partial charge in [0, 0.05) is 17.5 Å². The molecule has 3 nitrogen and oxygen atoms in total. The van der Waals surface area contributed by atoms with E-state index in [1.54, 1.807) is 12.1 Å². The van der Waals surface area contributed by atoms with Crippen molar-refractivity contribution in [3.05, 3.63) is 29.8 Å². The SMILES string of the molecule is CC(C)Oc1cccc(C(=O)NC(CCl)C(C)C)c1. The normalized spacial score (nSPS) is 12.6. The number of benzene rings is 1. The van der Waals surface area contributed by atoms with E-state index in [2.05, 4.69) is 5.32 Å². The molecule has 0 saturated carbocycles. The van der Waals surface area contributed by atoms with E-state index in [1.165, 1.54) is 0 Å². The molecule has 0 heterocycles. The summed E-state index contributed by atoms with van der Waals surface area (Å²) in [6.45, 7) is 7.97. The minimum absolute atomic E-state index is 0.0242. The summed E-state index contributed by atoms with van der Waals surface area (Å²) in [6, 6.07) is 7.16. The van der Waals surface area contributed by atoms with Gasteiger partial charge < -0.3 is 10.1 Å². The number of hydrogen-bond acceptors (Lipinski definition) is 2. The molecule has 0 aliphatic rings. The summed E-state index contributed by atoms with van der Waals surface area (Å²) in [5.74, 6) is 1.30. The fourth-order valence-corrected chi connectivity index (χ4v) is 2.05. The molecule has 106 valence electrons. The molecule has 0 aliphatic carbocycles. The van der Waals surface area contributed by atoms with Gasteiger partial charge in [-0.1, -0.05) is 19.9 Å². The average Bonchev–Trinajstić information content (AvgIpc) is 2.34. The zero-order valence-electron chi connectivity index (χ0n) is 11.9. The first kappa shape index (κ1) is 15.8. The molecule has 0 aliphatic heterocycles. The van der Waals surface area contributed by atoms with Gasteiger partial charge in [-0.2, -0.15) is 0 Å². The van der Waals surface area contributed by atoms with Gasteiger partial charge in [0.15, 0.2) is 0 Å². The van der Waals surface area contributed by atoms with Crippen molar-refractivity contribution >= 4 is 17.5 Å². The quantitative estimate of drug-likeness (QED) is 0.812. The van der Waals surface area contributed by atoms with Crippen LogP contribution in [0.4, 0.5) is 0 Å². The van der Waals surface area contributed by atoms with Gasteiger partial charge in [-0.05, 0) is 38.0 Å². The predicted octanol–water partition coefficient (Wildman–Crippen LogP) is 3.47.